The van der Waals surface area contributed by atoms with Gasteiger partial charge < -0.3 is 4.57 Å². The van der Waals surface area contributed by atoms with Crippen molar-refractivity contribution in [3.8, 4) is 0 Å². The van der Waals surface area contributed by atoms with E-state index in [0.717, 1.165) is 30.4 Å². The van der Waals surface area contributed by atoms with Crippen molar-refractivity contribution in [2.45, 2.75) is 51.2 Å². The quantitative estimate of drug-likeness (QED) is 0.838. The van der Waals surface area contributed by atoms with Gasteiger partial charge in [0.15, 0.2) is 11.5 Å². The van der Waals surface area contributed by atoms with Crippen molar-refractivity contribution in [1.82, 2.24) is 14.5 Å². The molecule has 0 radical (unpaired) electrons. The Morgan fingerprint density at radius 2 is 1.92 bits per heavy atom. The predicted octanol–water partition coefficient (Wildman–Crippen LogP) is 2.81. The van der Waals surface area contributed by atoms with Crippen LogP contribution in [-0.2, 0) is 6.54 Å². The maximum Gasteiger partial charge on any atom is 0.280 e. The maximum absolute atomic E-state index is 13.1. The molecule has 6 nitrogen and oxygen atoms in total. The maximum atomic E-state index is 13.1. The van der Waals surface area contributed by atoms with Gasteiger partial charge in [0.05, 0.1) is 12.1 Å². The van der Waals surface area contributed by atoms with Crippen LogP contribution in [0.2, 0.25) is 0 Å². The molecule has 0 saturated heterocycles. The Balaban J connectivity index is 1.62. The second-order valence-corrected chi connectivity index (χ2v) is 7.49. The van der Waals surface area contributed by atoms with Crippen molar-refractivity contribution in [2.24, 2.45) is 4.99 Å². The summed E-state index contributed by atoms with van der Waals surface area (Å²) in [5.41, 5.74) is 1.86. The van der Waals surface area contributed by atoms with Crippen molar-refractivity contribution in [2.75, 3.05) is 11.9 Å². The van der Waals surface area contributed by atoms with E-state index in [1.54, 1.807) is 4.90 Å². The van der Waals surface area contributed by atoms with E-state index in [1.165, 1.54) is 18.4 Å². The zero-order chi connectivity index (χ0) is 17.8. The summed E-state index contributed by atoms with van der Waals surface area (Å²) >= 11 is 0. The van der Waals surface area contributed by atoms with Gasteiger partial charge in [0.2, 0.25) is 5.96 Å². The molecular formula is C20H23N5O. The van der Waals surface area contributed by atoms with Crippen LogP contribution < -0.4 is 4.90 Å². The first-order valence-electron chi connectivity index (χ1n) is 9.41. The highest BCUT2D eigenvalue weighted by atomic mass is 16.2. The third-order valence-electron chi connectivity index (χ3n) is 5.88. The van der Waals surface area contributed by atoms with Crippen LogP contribution in [0.1, 0.15) is 47.6 Å². The van der Waals surface area contributed by atoms with Gasteiger partial charge in [-0.15, -0.1) is 0 Å². The minimum Gasteiger partial charge on any atom is -0.318 e. The molecule has 2 atom stereocenters. The smallest absolute Gasteiger partial charge is 0.280 e. The Labute approximate surface area is 153 Å². The average molecular weight is 349 g/mol. The molecule has 0 N–H and O–H groups in total. The van der Waals surface area contributed by atoms with Crippen LogP contribution in [0.15, 0.2) is 35.3 Å². The Bertz CT molecular complexity index is 900. The van der Waals surface area contributed by atoms with Crippen LogP contribution in [0.3, 0.4) is 0 Å². The Hall–Kier alpha value is -2.63. The summed E-state index contributed by atoms with van der Waals surface area (Å²) in [6, 6.07) is 10.9. The Kier molecular flexibility index (Phi) is 3.42. The highest BCUT2D eigenvalue weighted by Gasteiger charge is 2.47. The van der Waals surface area contributed by atoms with Gasteiger partial charge in [-0.3, -0.25) is 14.6 Å². The average Bonchev–Trinajstić information content (AvgIpc) is 3.19. The van der Waals surface area contributed by atoms with Gasteiger partial charge in [-0.05, 0) is 25.3 Å². The molecule has 1 aliphatic carbocycles. The molecule has 0 bridgehead atoms. The number of amides is 1. The van der Waals surface area contributed by atoms with Gasteiger partial charge in [0, 0.05) is 13.6 Å². The second-order valence-electron chi connectivity index (χ2n) is 7.49. The fraction of sp³-hybridized carbons (Fsp3) is 0.450. The number of rotatable bonds is 2. The van der Waals surface area contributed by atoms with Crippen LogP contribution in [0.5, 0.6) is 0 Å². The number of aryl methyl sites for hydroxylation is 1. The zero-order valence-corrected chi connectivity index (χ0v) is 15.2. The van der Waals surface area contributed by atoms with E-state index in [4.69, 9.17) is 9.98 Å². The summed E-state index contributed by atoms with van der Waals surface area (Å²) in [5.74, 6) is 2.45. The van der Waals surface area contributed by atoms with Crippen molar-refractivity contribution in [3.63, 3.8) is 0 Å². The summed E-state index contributed by atoms with van der Waals surface area (Å²) in [4.78, 5) is 26.8. The summed E-state index contributed by atoms with van der Waals surface area (Å²) < 4.78 is 2.05. The van der Waals surface area contributed by atoms with E-state index < -0.39 is 0 Å². The number of nitrogens with zero attached hydrogens (tertiary/aromatic N) is 5. The lowest BCUT2D eigenvalue weighted by atomic mass is 9.90. The second kappa shape index (κ2) is 5.69. The number of aliphatic imine (C=N–C) groups is 1. The lowest BCUT2D eigenvalue weighted by Crippen LogP contribution is -2.52. The molecule has 1 aromatic heterocycles. The molecule has 2 aliphatic heterocycles. The minimum absolute atomic E-state index is 0.00909. The number of carbonyl (C=O) groups is 1. The Morgan fingerprint density at radius 3 is 2.73 bits per heavy atom. The largest absolute Gasteiger partial charge is 0.318 e. The molecule has 6 heteroatoms. The summed E-state index contributed by atoms with van der Waals surface area (Å²) in [5, 5.41) is 0. The van der Waals surface area contributed by atoms with E-state index in [0.29, 0.717) is 24.3 Å². The topological polar surface area (TPSA) is 53.7 Å². The van der Waals surface area contributed by atoms with Gasteiger partial charge in [-0.1, -0.05) is 43.2 Å². The number of anilines is 1. The number of hydrogen-bond donors (Lipinski definition) is 0. The fourth-order valence-corrected chi connectivity index (χ4v) is 4.54. The van der Waals surface area contributed by atoms with Crippen LogP contribution in [0.4, 0.5) is 5.82 Å². The molecule has 26 heavy (non-hydrogen) atoms. The molecule has 2 aromatic rings. The number of hydrogen-bond acceptors (Lipinski definition) is 4. The normalized spacial score (nSPS) is 24.2. The van der Waals surface area contributed by atoms with Gasteiger partial charge >= 0.3 is 0 Å². The number of carbonyl (C=O) groups excluding carboxylic acids is 1. The number of imidazole rings is 1. The van der Waals surface area contributed by atoms with Crippen molar-refractivity contribution >= 4 is 17.7 Å². The van der Waals surface area contributed by atoms with Crippen molar-refractivity contribution < 1.29 is 4.79 Å². The van der Waals surface area contributed by atoms with Crippen molar-refractivity contribution in [1.29, 1.82) is 0 Å². The molecule has 3 heterocycles. The van der Waals surface area contributed by atoms with E-state index in [9.17, 15) is 4.79 Å². The fourth-order valence-electron chi connectivity index (χ4n) is 4.54. The molecule has 3 aliphatic rings. The highest BCUT2D eigenvalue weighted by Crippen LogP contribution is 2.39. The summed E-state index contributed by atoms with van der Waals surface area (Å²) in [6.07, 6.45) is 4.66. The molecule has 5 rings (SSSR count). The lowest BCUT2D eigenvalue weighted by Gasteiger charge is -2.36. The summed E-state index contributed by atoms with van der Waals surface area (Å²) in [6.45, 7) is 2.64. The number of guanidine groups is 1. The van der Waals surface area contributed by atoms with E-state index in [1.807, 2.05) is 32.2 Å². The standard InChI is InChI=1S/C20H23N5O/c1-13-21-18-17(24(13)12-14-8-4-3-5-9-14)19(26)23(2)20-22-15-10-6-7-11-16(15)25(18)20/h3-5,8-9,15-16H,6-7,10-12H2,1-2H3. The Morgan fingerprint density at radius 1 is 1.15 bits per heavy atom. The van der Waals surface area contributed by atoms with Crippen LogP contribution >= 0.6 is 0 Å². The first kappa shape index (κ1) is 15.6. The summed E-state index contributed by atoms with van der Waals surface area (Å²) in [7, 11) is 1.84. The number of benzene rings is 1. The molecule has 1 aromatic carbocycles. The van der Waals surface area contributed by atoms with Gasteiger partial charge in [0.1, 0.15) is 5.82 Å². The zero-order valence-electron chi connectivity index (χ0n) is 15.2. The SMILES string of the molecule is Cc1nc2c(n1Cc1ccccc1)C(=O)N(C)C1=NC3CCCCC3N12. The van der Waals surface area contributed by atoms with Crippen LogP contribution in [-0.4, -0.2) is 45.4 Å². The first-order chi connectivity index (χ1) is 12.6. The highest BCUT2D eigenvalue weighted by molar-refractivity contribution is 6.18. The molecule has 1 amide bonds. The van der Waals surface area contributed by atoms with Gasteiger partial charge in [-0.25, -0.2) is 9.98 Å². The number of fused-ring (bicyclic) bond motifs is 5. The van der Waals surface area contributed by atoms with E-state index in [-0.39, 0.29) is 5.91 Å². The van der Waals surface area contributed by atoms with Gasteiger partial charge in [-0.2, -0.15) is 0 Å². The lowest BCUT2D eigenvalue weighted by molar-refractivity contribution is 0.0854. The first-order valence-corrected chi connectivity index (χ1v) is 9.41. The number of aromatic nitrogens is 2. The molecule has 134 valence electrons. The van der Waals surface area contributed by atoms with Crippen molar-refractivity contribution in [3.05, 3.63) is 47.4 Å². The molecule has 1 saturated carbocycles. The van der Waals surface area contributed by atoms with Crippen LogP contribution in [0, 0.1) is 6.92 Å². The van der Waals surface area contributed by atoms with Gasteiger partial charge in [0.25, 0.3) is 5.91 Å². The monoisotopic (exact) mass is 349 g/mol. The van der Waals surface area contributed by atoms with E-state index in [2.05, 4.69) is 21.6 Å². The third kappa shape index (κ3) is 2.14. The minimum atomic E-state index is -0.00909. The molecule has 0 spiro atoms. The third-order valence-corrected chi connectivity index (χ3v) is 5.88. The molecule has 1 fully saturated rings. The predicted molar refractivity (Wildman–Crippen MR) is 101 cm³/mol. The molecule has 2 unspecified atom stereocenters. The molecular weight excluding hydrogens is 326 g/mol. The van der Waals surface area contributed by atoms with Crippen LogP contribution in [0.25, 0.3) is 0 Å². The van der Waals surface area contributed by atoms with E-state index >= 15 is 0 Å².